The number of nitrogens with zero attached hydrogens (tertiary/aromatic N) is 6. The van der Waals surface area contributed by atoms with Crippen molar-refractivity contribution < 1.29 is 85.2 Å². The highest BCUT2D eigenvalue weighted by Crippen LogP contribution is 2.66. The first-order valence-electron chi connectivity index (χ1n) is 24.9. The number of nitrogen functional groups attached to an aromatic ring is 1. The number of carboxylic acids is 1. The Morgan fingerprint density at radius 3 is 2.25 bits per heavy atom. The summed E-state index contributed by atoms with van der Waals surface area (Å²) in [5.74, 6) is -0.988. The molecule has 5 aromatic rings. The van der Waals surface area contributed by atoms with Gasteiger partial charge < -0.3 is 65.3 Å². The number of aliphatic hydroxyl groups is 1. The zero-order valence-corrected chi connectivity index (χ0v) is 47.1. The molecule has 0 saturated carbocycles. The second-order valence-corrected chi connectivity index (χ2v) is 24.7. The largest absolute Gasteiger partial charge is 0.490 e. The lowest BCUT2D eigenvalue weighted by molar-refractivity contribution is -0.0508. The van der Waals surface area contributed by atoms with Gasteiger partial charge in [-0.25, -0.2) is 42.8 Å². The van der Waals surface area contributed by atoms with Crippen LogP contribution >= 0.6 is 23.5 Å². The summed E-state index contributed by atoms with van der Waals surface area (Å²) in [5, 5.41) is 29.0. The first-order valence-corrected chi connectivity index (χ1v) is 29.5. The van der Waals surface area contributed by atoms with Crippen molar-refractivity contribution >= 4 is 80.8 Å². The molecule has 426 valence electrons. The number of fused-ring (bicyclic) bond motifs is 5. The quantitative estimate of drug-likeness (QED) is 0.0349. The number of allylic oxidation sites excluding steroid dienone is 2. The summed E-state index contributed by atoms with van der Waals surface area (Å²) >= 11 is 0. The number of hydrogen-bond acceptors (Lipinski definition) is 18. The Bertz CT molecular complexity index is 3760. The molecular formula is C50H59N9O18P3+. The van der Waals surface area contributed by atoms with Crippen LogP contribution in [0.3, 0.4) is 0 Å². The van der Waals surface area contributed by atoms with E-state index in [1.54, 1.807) is 6.07 Å². The number of anilines is 2. The van der Waals surface area contributed by atoms with Gasteiger partial charge in [-0.05, 0) is 88.6 Å². The smallest absolute Gasteiger partial charge is 0.478 e. The minimum Gasteiger partial charge on any atom is -0.478 e. The number of phosphoric acid groups is 3. The van der Waals surface area contributed by atoms with E-state index in [1.165, 1.54) is 16.7 Å². The fourth-order valence-corrected chi connectivity index (χ4v) is 14.0. The number of ether oxygens (including phenoxy) is 3. The number of carboxylic acid groups (broad SMARTS) is 1. The Morgan fingerprint density at radius 1 is 0.850 bits per heavy atom. The summed E-state index contributed by atoms with van der Waals surface area (Å²) in [7, 11) is -17.4. The van der Waals surface area contributed by atoms with Crippen molar-refractivity contribution in [3.05, 3.63) is 111 Å². The van der Waals surface area contributed by atoms with E-state index in [-0.39, 0.29) is 52.3 Å². The molecule has 0 radical (unpaired) electrons. The Morgan fingerprint density at radius 2 is 1.56 bits per heavy atom. The van der Waals surface area contributed by atoms with Gasteiger partial charge in [0.25, 0.3) is 5.91 Å². The number of nitrogens with one attached hydrogen (secondary N) is 2. The highest BCUT2D eigenvalue weighted by Gasteiger charge is 2.50. The van der Waals surface area contributed by atoms with Crippen molar-refractivity contribution in [2.24, 2.45) is 0 Å². The molecule has 2 unspecified atom stereocenters. The Kier molecular flexibility index (Phi) is 15.4. The predicted octanol–water partition coefficient (Wildman–Crippen LogP) is 4.31. The van der Waals surface area contributed by atoms with Crippen LogP contribution in [0.15, 0.2) is 67.3 Å². The van der Waals surface area contributed by atoms with Crippen LogP contribution in [0.2, 0.25) is 0 Å². The molecule has 4 aliphatic rings. The number of alkyl carbamates (subject to hydrolysis) is 1. The topological polar surface area (TPSA) is 379 Å². The van der Waals surface area contributed by atoms with Gasteiger partial charge in [0.1, 0.15) is 42.1 Å². The maximum absolute atomic E-state index is 13.8. The number of phosphoric ester groups is 1. The number of imidazole rings is 1. The van der Waals surface area contributed by atoms with Crippen molar-refractivity contribution in [2.45, 2.75) is 91.0 Å². The summed E-state index contributed by atoms with van der Waals surface area (Å²) in [6.45, 7) is 16.6. The van der Waals surface area contributed by atoms with Crippen LogP contribution < -0.4 is 41.2 Å². The molecule has 2 amide bonds. The van der Waals surface area contributed by atoms with Gasteiger partial charge in [-0.1, -0.05) is 12.1 Å². The lowest BCUT2D eigenvalue weighted by Crippen LogP contribution is -2.49. The predicted molar refractivity (Wildman–Crippen MR) is 288 cm³/mol. The highest BCUT2D eigenvalue weighted by molar-refractivity contribution is 7.66. The Labute approximate surface area is 456 Å². The van der Waals surface area contributed by atoms with Gasteiger partial charge >= 0.3 is 35.5 Å². The first kappa shape index (κ1) is 58.0. The van der Waals surface area contributed by atoms with Crippen LogP contribution in [0.1, 0.15) is 105 Å². The van der Waals surface area contributed by atoms with Crippen LogP contribution in [0, 0.1) is 0 Å². The summed E-state index contributed by atoms with van der Waals surface area (Å²) in [4.78, 5) is 92.4. The van der Waals surface area contributed by atoms with Crippen molar-refractivity contribution in [3.8, 4) is 11.5 Å². The molecule has 6 atom stereocenters. The maximum Gasteiger partial charge on any atom is 0.490 e. The van der Waals surface area contributed by atoms with Gasteiger partial charge in [0, 0.05) is 78.3 Å². The normalized spacial score (nSPS) is 21.4. The van der Waals surface area contributed by atoms with Crippen LogP contribution in [0.25, 0.3) is 27.9 Å². The molecule has 1 saturated heterocycles. The molecule has 0 bridgehead atoms. The average molecular weight is 1170 g/mol. The van der Waals surface area contributed by atoms with Gasteiger partial charge in [0.15, 0.2) is 29.3 Å². The number of hydrogen-bond donors (Lipinski definition) is 9. The van der Waals surface area contributed by atoms with E-state index in [0.717, 1.165) is 46.0 Å². The molecule has 80 heavy (non-hydrogen) atoms. The zero-order valence-electron chi connectivity index (χ0n) is 44.4. The summed E-state index contributed by atoms with van der Waals surface area (Å²) < 4.78 is 69.6. The maximum atomic E-state index is 13.8. The van der Waals surface area contributed by atoms with Crippen LogP contribution in [0.5, 0.6) is 11.5 Å². The lowest BCUT2D eigenvalue weighted by atomic mass is 9.83. The number of benzene rings is 3. The third kappa shape index (κ3) is 11.3. The van der Waals surface area contributed by atoms with Gasteiger partial charge in [0.2, 0.25) is 5.36 Å². The second kappa shape index (κ2) is 21.3. The van der Waals surface area contributed by atoms with Crippen molar-refractivity contribution in [1.29, 1.82) is 0 Å². The van der Waals surface area contributed by atoms with E-state index >= 15 is 0 Å². The van der Waals surface area contributed by atoms with E-state index in [0.29, 0.717) is 46.5 Å². The molecule has 4 aliphatic heterocycles. The Hall–Kier alpha value is -6.70. The number of aliphatic hydroxyl groups excluding tert-OH is 1. The standard InChI is InChI=1S/C50H58N9O18P3/c1-9-58-34-18-36-32(16-29(34)25(3)20-49(58,5)6)39(33-17-30-26(4)21-50(7,8)59(10-2)35(30)19-37(33)73-36)28-12-11-27(15-31(28)47(62)63)45(61)52-13-14-53-48(64)75-42-38(22-72-79(68,69)77-80(70,71)76-78(65,66)67)74-46(41(42)60)57-24-56-40-43(51)54-23-55-44(40)57/h11-12,15-21,23-24,38,41-42,46,60H,9-10,13-14,22H2,1-8H3,(H8-,51,52,53,54,55,61,62,63,64,65,66,67,68,69,70,71)/p+1/t38-,41-,42-,46-/m1/s1. The Balaban J connectivity index is 0.961. The number of amides is 2. The molecule has 3 aromatic carbocycles. The molecule has 0 spiro atoms. The molecule has 6 heterocycles. The molecular weight excluding hydrogens is 1110 g/mol. The van der Waals surface area contributed by atoms with Crippen LogP contribution in [0.4, 0.5) is 16.3 Å². The van der Waals surface area contributed by atoms with E-state index < -0.39 is 72.6 Å². The first-order chi connectivity index (χ1) is 37.4. The van der Waals surface area contributed by atoms with Crippen LogP contribution in [-0.2, 0) is 36.3 Å². The van der Waals surface area contributed by atoms with Crippen molar-refractivity contribution in [2.75, 3.05) is 43.4 Å². The molecule has 30 heteroatoms. The molecule has 2 aromatic heterocycles. The van der Waals surface area contributed by atoms with Crippen molar-refractivity contribution in [1.82, 2.24) is 34.7 Å². The van der Waals surface area contributed by atoms with E-state index in [4.69, 9.17) is 34.3 Å². The van der Waals surface area contributed by atoms with Crippen LogP contribution in [-0.4, -0.2) is 129 Å². The monoisotopic (exact) mass is 1170 g/mol. The molecule has 0 aliphatic carbocycles. The fourth-order valence-electron chi connectivity index (χ4n) is 10.9. The number of aromatic carboxylic acids is 1. The molecule has 27 nitrogen and oxygen atoms in total. The number of carbonyl (C=O) groups excluding carboxylic acids is 2. The van der Waals surface area contributed by atoms with E-state index in [1.807, 2.05) is 38.1 Å². The van der Waals surface area contributed by atoms with Gasteiger partial charge in [-0.3, -0.25) is 13.9 Å². The number of nitrogens with two attached hydrogens (primary N) is 1. The minimum atomic E-state index is -5.92. The SMILES string of the molecule is CCN1c2cc3c(cc2C(C)=CC1(C)C)C(c1ccc(C(=O)NCCNC(=O)O[C@H]2[C@@H](O)[C@H](n4cnc5c(N)ncnc54)O[C@@H]2COP(=O)(O)OP(=O)(O)OP(=O)(O)O)cc1C(=O)O)=c1cc2c(cc1O3)=[N+](CC)C(C)(C)C=C2C. The number of rotatable bonds is 17. The number of likely N-dealkylation sites (N-methyl/N-ethyl adjacent to an activating group) is 2. The van der Waals surface area contributed by atoms with E-state index in [2.05, 4.69) is 97.4 Å². The average Bonchev–Trinajstić information content (AvgIpc) is 3.88. The third-order valence-electron chi connectivity index (χ3n) is 14.0. The molecule has 10 N–H and O–H groups in total. The highest BCUT2D eigenvalue weighted by atomic mass is 31.3. The lowest BCUT2D eigenvalue weighted by Gasteiger charge is -2.43. The summed E-state index contributed by atoms with van der Waals surface area (Å²) in [5.41, 5.74) is 11.8. The van der Waals surface area contributed by atoms with Gasteiger partial charge in [0.05, 0.1) is 30.1 Å². The third-order valence-corrected chi connectivity index (χ3v) is 17.8. The summed E-state index contributed by atoms with van der Waals surface area (Å²) in [6.07, 6.45) is -1.38. The zero-order chi connectivity index (χ0) is 58.2. The van der Waals surface area contributed by atoms with Gasteiger partial charge in [-0.2, -0.15) is 8.62 Å². The number of aromatic nitrogens is 4. The summed E-state index contributed by atoms with van der Waals surface area (Å²) in [6, 6.07) is 12.5. The number of carbonyl (C=O) groups is 3. The van der Waals surface area contributed by atoms with Crippen molar-refractivity contribution in [3.63, 3.8) is 0 Å². The van der Waals surface area contributed by atoms with Gasteiger partial charge in [-0.15, -0.1) is 0 Å². The minimum absolute atomic E-state index is 0.0212. The second-order valence-electron chi connectivity index (χ2n) is 20.3. The molecule has 1 fully saturated rings. The molecule has 9 rings (SSSR count). The fraction of sp³-hybridized carbons (Fsp3) is 0.380. The van der Waals surface area contributed by atoms with E-state index in [9.17, 15) is 48.1 Å².